The molecular formula is C29H26N6O3. The average molecular weight is 507 g/mol. The molecule has 4 aromatic rings. The van der Waals surface area contributed by atoms with Crippen LogP contribution in [-0.4, -0.2) is 39.2 Å². The number of carbonyl (C=O) groups is 1. The summed E-state index contributed by atoms with van der Waals surface area (Å²) in [6.07, 6.45) is 0. The summed E-state index contributed by atoms with van der Waals surface area (Å²) in [4.78, 5) is 26.0. The van der Waals surface area contributed by atoms with E-state index in [2.05, 4.69) is 23.3 Å². The van der Waals surface area contributed by atoms with E-state index in [1.54, 1.807) is 36.2 Å². The van der Waals surface area contributed by atoms with Gasteiger partial charge in [-0.25, -0.2) is 14.4 Å². The maximum absolute atomic E-state index is 13.5. The van der Waals surface area contributed by atoms with Crippen LogP contribution in [0.1, 0.15) is 35.1 Å². The van der Waals surface area contributed by atoms with Crippen molar-refractivity contribution in [3.63, 3.8) is 0 Å². The summed E-state index contributed by atoms with van der Waals surface area (Å²) in [5, 5.41) is 20.3. The number of hydrazone groups is 1. The summed E-state index contributed by atoms with van der Waals surface area (Å²) in [7, 11) is 0. The molecule has 0 saturated carbocycles. The Bertz CT molecular complexity index is 1580. The van der Waals surface area contributed by atoms with E-state index in [4.69, 9.17) is 15.1 Å². The Labute approximate surface area is 219 Å². The Morgan fingerprint density at radius 2 is 1.76 bits per heavy atom. The van der Waals surface area contributed by atoms with E-state index in [-0.39, 0.29) is 25.0 Å². The number of aryl methyl sites for hydroxylation is 1. The summed E-state index contributed by atoms with van der Waals surface area (Å²) >= 11 is 0. The molecule has 5 rings (SSSR count). The zero-order valence-corrected chi connectivity index (χ0v) is 21.1. The van der Waals surface area contributed by atoms with Crippen molar-refractivity contribution in [2.45, 2.75) is 26.3 Å². The van der Waals surface area contributed by atoms with Crippen LogP contribution in [0.3, 0.4) is 0 Å². The van der Waals surface area contributed by atoms with Gasteiger partial charge in [0.15, 0.2) is 0 Å². The lowest BCUT2D eigenvalue weighted by molar-refractivity contribution is -0.143. The Morgan fingerprint density at radius 1 is 1.05 bits per heavy atom. The van der Waals surface area contributed by atoms with Gasteiger partial charge >= 0.3 is 11.7 Å². The van der Waals surface area contributed by atoms with E-state index in [1.807, 2.05) is 49.4 Å². The molecule has 0 bridgehead atoms. The second kappa shape index (κ2) is 10.6. The standard InChI is InChI=1S/C29H26N6O3/c1-3-38-26(36)19-33-28(32-35(29(33)37)24-15-11-21(17-30)12-16-24)34-18-25(22-7-5-4-6-8-22)27(31-34)23-13-9-20(2)10-14-23/h4-16,25H,3,18-19H2,1-2H3/t25-/m0/s1. The third-order valence-electron chi connectivity index (χ3n) is 6.37. The second-order valence-electron chi connectivity index (χ2n) is 8.94. The summed E-state index contributed by atoms with van der Waals surface area (Å²) in [5.41, 5.74) is 4.47. The maximum atomic E-state index is 13.5. The molecule has 0 fully saturated rings. The highest BCUT2D eigenvalue weighted by atomic mass is 16.5. The predicted molar refractivity (Wildman–Crippen MR) is 143 cm³/mol. The molecule has 0 N–H and O–H groups in total. The molecule has 9 heteroatoms. The number of benzene rings is 3. The first-order chi connectivity index (χ1) is 18.5. The van der Waals surface area contributed by atoms with E-state index in [0.717, 1.165) is 22.4 Å². The van der Waals surface area contributed by atoms with E-state index >= 15 is 0 Å². The number of aromatic nitrogens is 3. The SMILES string of the molecule is CCOC(=O)Cn1c(N2C[C@@H](c3ccccc3)C(c3ccc(C)cc3)=N2)nn(-c2ccc(C#N)cc2)c1=O. The molecule has 1 aliphatic heterocycles. The lowest BCUT2D eigenvalue weighted by Gasteiger charge is -2.16. The van der Waals surface area contributed by atoms with Crippen molar-refractivity contribution < 1.29 is 9.53 Å². The fraction of sp³-hybridized carbons (Fsp3) is 0.207. The Hall–Kier alpha value is -4.97. The fourth-order valence-electron chi connectivity index (χ4n) is 4.45. The molecule has 0 saturated heterocycles. The minimum Gasteiger partial charge on any atom is -0.465 e. The summed E-state index contributed by atoms with van der Waals surface area (Å²) in [6, 6.07) is 26.8. The Morgan fingerprint density at radius 3 is 2.42 bits per heavy atom. The number of esters is 1. The Balaban J connectivity index is 1.62. The number of hydrogen-bond acceptors (Lipinski definition) is 7. The van der Waals surface area contributed by atoms with Gasteiger partial charge in [0.05, 0.1) is 36.2 Å². The molecule has 9 nitrogen and oxygen atoms in total. The van der Waals surface area contributed by atoms with E-state index in [0.29, 0.717) is 17.8 Å². The molecule has 1 atom stereocenters. The summed E-state index contributed by atoms with van der Waals surface area (Å²) < 4.78 is 7.62. The van der Waals surface area contributed by atoms with Crippen molar-refractivity contribution in [3.05, 3.63) is 112 Å². The van der Waals surface area contributed by atoms with Gasteiger partial charge in [-0.1, -0.05) is 60.2 Å². The van der Waals surface area contributed by atoms with Gasteiger partial charge in [0.25, 0.3) is 0 Å². The quantitative estimate of drug-likeness (QED) is 0.353. The third kappa shape index (κ3) is 4.84. The summed E-state index contributed by atoms with van der Waals surface area (Å²) in [5.74, 6) is -0.391. The van der Waals surface area contributed by atoms with Gasteiger partial charge in [0, 0.05) is 5.92 Å². The first kappa shape index (κ1) is 24.7. The Kier molecular flexibility index (Phi) is 6.87. The normalized spacial score (nSPS) is 14.7. The van der Waals surface area contributed by atoms with Gasteiger partial charge in [-0.2, -0.15) is 15.0 Å². The molecule has 38 heavy (non-hydrogen) atoms. The van der Waals surface area contributed by atoms with Crippen molar-refractivity contribution >= 4 is 17.6 Å². The van der Waals surface area contributed by atoms with Gasteiger partial charge in [-0.15, -0.1) is 5.10 Å². The van der Waals surface area contributed by atoms with Gasteiger partial charge in [-0.3, -0.25) is 4.79 Å². The lowest BCUT2D eigenvalue weighted by atomic mass is 9.90. The van der Waals surface area contributed by atoms with Crippen LogP contribution in [0.4, 0.5) is 5.95 Å². The summed E-state index contributed by atoms with van der Waals surface area (Å²) in [6.45, 7) is 4.07. The minimum atomic E-state index is -0.545. The molecule has 0 spiro atoms. The first-order valence-electron chi connectivity index (χ1n) is 12.3. The van der Waals surface area contributed by atoms with Crippen LogP contribution in [0, 0.1) is 18.3 Å². The number of rotatable bonds is 7. The average Bonchev–Trinajstić information content (AvgIpc) is 3.52. The number of hydrogen-bond donors (Lipinski definition) is 0. The van der Waals surface area contributed by atoms with Crippen LogP contribution in [0.25, 0.3) is 5.69 Å². The molecule has 190 valence electrons. The molecule has 0 radical (unpaired) electrons. The van der Waals surface area contributed by atoms with Gasteiger partial charge in [0.1, 0.15) is 6.54 Å². The molecule has 1 aromatic heterocycles. The topological polar surface area (TPSA) is 106 Å². The monoisotopic (exact) mass is 506 g/mol. The van der Waals surface area contributed by atoms with Crippen LogP contribution in [-0.2, 0) is 16.1 Å². The number of carbonyl (C=O) groups excluding carboxylic acids is 1. The molecular weight excluding hydrogens is 480 g/mol. The van der Waals surface area contributed by atoms with Crippen LogP contribution < -0.4 is 10.7 Å². The fourth-order valence-corrected chi connectivity index (χ4v) is 4.45. The zero-order chi connectivity index (χ0) is 26.6. The van der Waals surface area contributed by atoms with Crippen molar-refractivity contribution in [1.82, 2.24) is 14.3 Å². The second-order valence-corrected chi connectivity index (χ2v) is 8.94. The lowest BCUT2D eigenvalue weighted by Crippen LogP contribution is -2.30. The van der Waals surface area contributed by atoms with Crippen LogP contribution in [0.2, 0.25) is 0 Å². The number of anilines is 1. The van der Waals surface area contributed by atoms with Crippen LogP contribution >= 0.6 is 0 Å². The first-order valence-corrected chi connectivity index (χ1v) is 12.3. The molecule has 3 aromatic carbocycles. The molecule has 2 heterocycles. The third-order valence-corrected chi connectivity index (χ3v) is 6.37. The van der Waals surface area contributed by atoms with Crippen molar-refractivity contribution in [2.24, 2.45) is 5.10 Å². The van der Waals surface area contributed by atoms with Crippen molar-refractivity contribution in [3.8, 4) is 11.8 Å². The molecule has 0 unspecified atom stereocenters. The van der Waals surface area contributed by atoms with E-state index < -0.39 is 11.7 Å². The maximum Gasteiger partial charge on any atom is 0.352 e. The van der Waals surface area contributed by atoms with E-state index in [1.165, 1.54) is 9.25 Å². The van der Waals surface area contributed by atoms with Crippen molar-refractivity contribution in [1.29, 1.82) is 5.26 Å². The van der Waals surface area contributed by atoms with Gasteiger partial charge < -0.3 is 4.74 Å². The largest absolute Gasteiger partial charge is 0.465 e. The number of nitriles is 1. The molecule has 1 aliphatic rings. The van der Waals surface area contributed by atoms with Crippen LogP contribution in [0.5, 0.6) is 0 Å². The molecule has 0 aliphatic carbocycles. The van der Waals surface area contributed by atoms with Gasteiger partial charge in [0.2, 0.25) is 5.95 Å². The van der Waals surface area contributed by atoms with Gasteiger partial charge in [-0.05, 0) is 49.2 Å². The molecule has 0 amide bonds. The van der Waals surface area contributed by atoms with E-state index in [9.17, 15) is 9.59 Å². The predicted octanol–water partition coefficient (Wildman–Crippen LogP) is 3.79. The highest BCUT2D eigenvalue weighted by Crippen LogP contribution is 2.31. The smallest absolute Gasteiger partial charge is 0.352 e. The van der Waals surface area contributed by atoms with Crippen molar-refractivity contribution in [2.75, 3.05) is 18.2 Å². The highest BCUT2D eigenvalue weighted by Gasteiger charge is 2.33. The minimum absolute atomic E-state index is 0.0786. The zero-order valence-electron chi connectivity index (χ0n) is 21.1. The number of nitrogens with zero attached hydrogens (tertiary/aromatic N) is 6. The van der Waals surface area contributed by atoms with Crippen LogP contribution in [0.15, 0.2) is 88.8 Å². The number of ether oxygens (including phenoxy) is 1. The highest BCUT2D eigenvalue weighted by molar-refractivity contribution is 6.07.